The van der Waals surface area contributed by atoms with E-state index in [1.165, 1.54) is 24.3 Å². The third-order valence-corrected chi connectivity index (χ3v) is 3.61. The minimum Gasteiger partial charge on any atom is -0.489 e. The standard InChI is InChI=1S/C16H13N3O6/c20-18(21)12-6-4-11(5-7-12)16-9-15(25-17-16)10-24-14-3-1-2-13(8-14)19(22)23/h1-8,15H,9-10H2. The van der Waals surface area contributed by atoms with Crippen molar-refractivity contribution >= 4 is 17.1 Å². The number of oxime groups is 1. The second-order valence-corrected chi connectivity index (χ2v) is 5.34. The van der Waals surface area contributed by atoms with E-state index in [2.05, 4.69) is 5.16 Å². The van der Waals surface area contributed by atoms with Crippen LogP contribution in [0.2, 0.25) is 0 Å². The van der Waals surface area contributed by atoms with E-state index in [1.54, 1.807) is 24.3 Å². The molecule has 0 spiro atoms. The normalized spacial score (nSPS) is 16.0. The molecule has 0 aromatic heterocycles. The van der Waals surface area contributed by atoms with E-state index < -0.39 is 9.85 Å². The summed E-state index contributed by atoms with van der Waals surface area (Å²) in [7, 11) is 0. The van der Waals surface area contributed by atoms with Gasteiger partial charge in [-0.15, -0.1) is 0 Å². The molecule has 2 aromatic carbocycles. The van der Waals surface area contributed by atoms with Gasteiger partial charge in [0.1, 0.15) is 12.4 Å². The number of ether oxygens (including phenoxy) is 1. The average molecular weight is 343 g/mol. The fourth-order valence-electron chi connectivity index (χ4n) is 2.34. The van der Waals surface area contributed by atoms with Crippen LogP contribution in [0.15, 0.2) is 53.7 Å². The highest BCUT2D eigenvalue weighted by Crippen LogP contribution is 2.22. The van der Waals surface area contributed by atoms with Gasteiger partial charge in [-0.1, -0.05) is 11.2 Å². The van der Waals surface area contributed by atoms with Crippen LogP contribution in [0.1, 0.15) is 12.0 Å². The molecule has 9 heteroatoms. The van der Waals surface area contributed by atoms with Gasteiger partial charge >= 0.3 is 0 Å². The molecule has 25 heavy (non-hydrogen) atoms. The maximum Gasteiger partial charge on any atom is 0.273 e. The Kier molecular flexibility index (Phi) is 4.55. The first-order valence-corrected chi connectivity index (χ1v) is 7.37. The van der Waals surface area contributed by atoms with Gasteiger partial charge in [-0.25, -0.2) is 0 Å². The highest BCUT2D eigenvalue weighted by molar-refractivity contribution is 6.01. The van der Waals surface area contributed by atoms with Gasteiger partial charge < -0.3 is 9.57 Å². The molecule has 1 aliphatic rings. The second-order valence-electron chi connectivity index (χ2n) is 5.34. The van der Waals surface area contributed by atoms with Crippen LogP contribution in [0.4, 0.5) is 11.4 Å². The van der Waals surface area contributed by atoms with Crippen molar-refractivity contribution in [3.63, 3.8) is 0 Å². The zero-order chi connectivity index (χ0) is 17.8. The molecule has 0 bridgehead atoms. The molecule has 3 rings (SSSR count). The molecular formula is C16H13N3O6. The van der Waals surface area contributed by atoms with Gasteiger partial charge in [0, 0.05) is 24.6 Å². The van der Waals surface area contributed by atoms with E-state index in [0.29, 0.717) is 17.9 Å². The summed E-state index contributed by atoms with van der Waals surface area (Å²) in [6, 6.07) is 11.9. The monoisotopic (exact) mass is 343 g/mol. The number of benzene rings is 2. The van der Waals surface area contributed by atoms with Gasteiger partial charge in [-0.3, -0.25) is 20.2 Å². The molecule has 0 amide bonds. The second kappa shape index (κ2) is 6.95. The number of hydrogen-bond acceptors (Lipinski definition) is 7. The average Bonchev–Trinajstić information content (AvgIpc) is 3.09. The molecule has 1 atom stereocenters. The molecular weight excluding hydrogens is 330 g/mol. The van der Waals surface area contributed by atoms with Gasteiger partial charge in [0.25, 0.3) is 11.4 Å². The van der Waals surface area contributed by atoms with Crippen LogP contribution < -0.4 is 4.74 Å². The Morgan fingerprint density at radius 2 is 1.80 bits per heavy atom. The fraction of sp³-hybridized carbons (Fsp3) is 0.188. The van der Waals surface area contributed by atoms with Gasteiger partial charge in [0.15, 0.2) is 6.10 Å². The minimum atomic E-state index is -0.491. The molecule has 1 heterocycles. The van der Waals surface area contributed by atoms with E-state index in [-0.39, 0.29) is 24.1 Å². The van der Waals surface area contributed by atoms with Crippen LogP contribution >= 0.6 is 0 Å². The molecule has 2 aromatic rings. The number of nitro benzene ring substituents is 2. The van der Waals surface area contributed by atoms with Gasteiger partial charge in [0.2, 0.25) is 0 Å². The molecule has 0 radical (unpaired) electrons. The van der Waals surface area contributed by atoms with Crippen LogP contribution in [-0.2, 0) is 4.84 Å². The summed E-state index contributed by atoms with van der Waals surface area (Å²) in [6.45, 7) is 0.182. The third kappa shape index (κ3) is 3.89. The van der Waals surface area contributed by atoms with Crippen molar-refractivity contribution in [3.05, 3.63) is 74.3 Å². The smallest absolute Gasteiger partial charge is 0.273 e. The van der Waals surface area contributed by atoms with E-state index in [0.717, 1.165) is 5.56 Å². The molecule has 0 aliphatic carbocycles. The predicted molar refractivity (Wildman–Crippen MR) is 87.7 cm³/mol. The van der Waals surface area contributed by atoms with Gasteiger partial charge in [-0.2, -0.15) is 0 Å². The zero-order valence-corrected chi connectivity index (χ0v) is 12.9. The molecule has 0 fully saturated rings. The van der Waals surface area contributed by atoms with Crippen molar-refractivity contribution in [1.82, 2.24) is 0 Å². The number of nitrogens with zero attached hydrogens (tertiary/aromatic N) is 3. The van der Waals surface area contributed by atoms with Crippen LogP contribution in [0.5, 0.6) is 5.75 Å². The number of non-ortho nitro benzene ring substituents is 2. The Morgan fingerprint density at radius 1 is 1.08 bits per heavy atom. The van der Waals surface area contributed by atoms with E-state index in [4.69, 9.17) is 9.57 Å². The van der Waals surface area contributed by atoms with E-state index in [9.17, 15) is 20.2 Å². The maximum atomic E-state index is 10.7. The summed E-state index contributed by atoms with van der Waals surface area (Å²) >= 11 is 0. The summed E-state index contributed by atoms with van der Waals surface area (Å²) in [5, 5.41) is 25.4. The summed E-state index contributed by atoms with van der Waals surface area (Å²) in [4.78, 5) is 25.7. The first-order valence-electron chi connectivity index (χ1n) is 7.37. The zero-order valence-electron chi connectivity index (χ0n) is 12.9. The van der Waals surface area contributed by atoms with Crippen molar-refractivity contribution in [2.45, 2.75) is 12.5 Å². The first kappa shape index (κ1) is 16.4. The van der Waals surface area contributed by atoms with Crippen molar-refractivity contribution in [1.29, 1.82) is 0 Å². The lowest BCUT2D eigenvalue weighted by Gasteiger charge is -2.10. The number of nitro groups is 2. The summed E-state index contributed by atoms with van der Waals surface area (Å²) in [5.41, 5.74) is 1.37. The van der Waals surface area contributed by atoms with E-state index >= 15 is 0 Å². The van der Waals surface area contributed by atoms with Crippen LogP contribution in [0.25, 0.3) is 0 Å². The lowest BCUT2D eigenvalue weighted by molar-refractivity contribution is -0.385. The summed E-state index contributed by atoms with van der Waals surface area (Å²) in [6.07, 6.45) is 0.150. The van der Waals surface area contributed by atoms with Crippen molar-refractivity contribution < 1.29 is 19.4 Å². The predicted octanol–water partition coefficient (Wildman–Crippen LogP) is 3.08. The van der Waals surface area contributed by atoms with Crippen LogP contribution in [-0.4, -0.2) is 28.3 Å². The number of rotatable bonds is 6. The fourth-order valence-corrected chi connectivity index (χ4v) is 2.34. The summed E-state index contributed by atoms with van der Waals surface area (Å²) in [5.74, 6) is 0.376. The highest BCUT2D eigenvalue weighted by atomic mass is 16.7. The quantitative estimate of drug-likeness (QED) is 0.587. The third-order valence-electron chi connectivity index (χ3n) is 3.61. The summed E-state index contributed by atoms with van der Waals surface area (Å²) < 4.78 is 5.52. The Labute approximate surface area is 141 Å². The van der Waals surface area contributed by atoms with E-state index in [1.807, 2.05) is 0 Å². The van der Waals surface area contributed by atoms with Crippen molar-refractivity contribution in [2.24, 2.45) is 5.16 Å². The Hall–Kier alpha value is -3.49. The minimum absolute atomic E-state index is 0.00817. The first-order chi connectivity index (χ1) is 12.0. The van der Waals surface area contributed by atoms with Crippen molar-refractivity contribution in [3.8, 4) is 5.75 Å². The Morgan fingerprint density at radius 3 is 2.48 bits per heavy atom. The number of hydrogen-bond donors (Lipinski definition) is 0. The lowest BCUT2D eigenvalue weighted by atomic mass is 10.1. The molecule has 1 unspecified atom stereocenters. The largest absolute Gasteiger partial charge is 0.489 e. The maximum absolute atomic E-state index is 10.7. The molecule has 0 N–H and O–H groups in total. The SMILES string of the molecule is O=[N+]([O-])c1ccc(C2=NOC(COc3cccc([N+](=O)[O-])c3)C2)cc1. The molecule has 9 nitrogen and oxygen atoms in total. The molecule has 0 saturated heterocycles. The van der Waals surface area contributed by atoms with Gasteiger partial charge in [0.05, 0.1) is 21.6 Å². The molecule has 128 valence electrons. The van der Waals surface area contributed by atoms with Crippen molar-refractivity contribution in [2.75, 3.05) is 6.61 Å². The Balaban J connectivity index is 1.56. The van der Waals surface area contributed by atoms with Gasteiger partial charge in [-0.05, 0) is 23.8 Å². The topological polar surface area (TPSA) is 117 Å². The van der Waals surface area contributed by atoms with Crippen LogP contribution in [0, 0.1) is 20.2 Å². The Bertz CT molecular complexity index is 834. The lowest BCUT2D eigenvalue weighted by Crippen LogP contribution is -2.18. The highest BCUT2D eigenvalue weighted by Gasteiger charge is 2.23. The molecule has 0 saturated carbocycles. The van der Waals surface area contributed by atoms with Crippen LogP contribution in [0.3, 0.4) is 0 Å². The molecule has 1 aliphatic heterocycles.